The Labute approximate surface area is 233 Å². The first-order valence-corrected chi connectivity index (χ1v) is 13.7. The number of phenolic OH excluding ortho intramolecular Hbond substituents is 4. The average molecular weight is 565 g/mol. The third kappa shape index (κ3) is 2.48. The molecule has 2 spiro atoms. The number of ketones is 2. The lowest BCUT2D eigenvalue weighted by Crippen LogP contribution is -2.75. The lowest BCUT2D eigenvalue weighted by molar-refractivity contribution is -0.272. The van der Waals surface area contributed by atoms with Gasteiger partial charge in [0.25, 0.3) is 0 Å². The van der Waals surface area contributed by atoms with E-state index >= 15 is 0 Å². The standard InChI is InChI=1S/C30H28O11/c1-9-5-15-19(10(2)38-9)25(35)21-17(33)8-18(34)23-24(21)30(15)40-27-12(4)39-11(3)22-26(36)20-14(6-13(31)7-16(20)32)28(23,37)29(22,27)41-30/h6-12,22,27,31-34,37H,5H2,1-4H3/t9-,10-,11-,12-,22?,27-,28+,29+,30+/m1/s1. The van der Waals surface area contributed by atoms with Crippen LogP contribution in [0.4, 0.5) is 0 Å². The van der Waals surface area contributed by atoms with Crippen molar-refractivity contribution >= 4 is 11.6 Å². The molecule has 41 heavy (non-hydrogen) atoms. The number of fused-ring (bicyclic) bond motifs is 3. The van der Waals surface area contributed by atoms with Crippen molar-refractivity contribution in [1.82, 2.24) is 0 Å². The summed E-state index contributed by atoms with van der Waals surface area (Å²) in [4.78, 5) is 28.4. The van der Waals surface area contributed by atoms with Gasteiger partial charge in [0.2, 0.25) is 5.79 Å². The molecule has 8 rings (SSSR count). The Balaban J connectivity index is 1.60. The monoisotopic (exact) mass is 564 g/mol. The minimum Gasteiger partial charge on any atom is -0.508 e. The van der Waals surface area contributed by atoms with E-state index < -0.39 is 81.9 Å². The second-order valence-corrected chi connectivity index (χ2v) is 12.1. The zero-order chi connectivity index (χ0) is 29.1. The van der Waals surface area contributed by atoms with Gasteiger partial charge in [-0.25, -0.2) is 0 Å². The maximum atomic E-state index is 14.3. The topological polar surface area (TPSA) is 172 Å². The molecule has 11 heteroatoms. The first-order valence-electron chi connectivity index (χ1n) is 13.7. The van der Waals surface area contributed by atoms with Crippen molar-refractivity contribution in [2.75, 3.05) is 0 Å². The normalized spacial score (nSPS) is 41.5. The summed E-state index contributed by atoms with van der Waals surface area (Å²) in [6.07, 6.45) is -3.58. The molecular formula is C30H28O11. The van der Waals surface area contributed by atoms with Crippen LogP contribution in [-0.2, 0) is 30.3 Å². The number of rotatable bonds is 0. The van der Waals surface area contributed by atoms with Crippen LogP contribution in [0.2, 0.25) is 0 Å². The van der Waals surface area contributed by atoms with E-state index in [-0.39, 0.29) is 45.9 Å². The number of aromatic hydroxyl groups is 4. The third-order valence-corrected chi connectivity index (χ3v) is 9.91. The molecule has 4 heterocycles. The molecule has 6 aliphatic rings. The number of hydrogen-bond donors (Lipinski definition) is 5. The number of Topliss-reactive ketones (excluding diaryl/α,β-unsaturated/α-hetero) is 2. The molecule has 4 aliphatic heterocycles. The molecule has 0 aromatic heterocycles. The summed E-state index contributed by atoms with van der Waals surface area (Å²) in [6, 6.07) is 3.10. The van der Waals surface area contributed by atoms with Gasteiger partial charge in [-0.15, -0.1) is 0 Å². The fourth-order valence-corrected chi connectivity index (χ4v) is 8.72. The van der Waals surface area contributed by atoms with Crippen molar-refractivity contribution in [2.45, 2.75) is 81.6 Å². The van der Waals surface area contributed by atoms with E-state index in [1.807, 2.05) is 6.92 Å². The highest BCUT2D eigenvalue weighted by atomic mass is 16.8. The Hall–Kier alpha value is -3.48. The number of ether oxygens (including phenoxy) is 4. The van der Waals surface area contributed by atoms with Crippen molar-refractivity contribution < 1.29 is 54.1 Å². The van der Waals surface area contributed by atoms with E-state index in [1.54, 1.807) is 20.8 Å². The SMILES string of the molecule is C[C@@H]1CC2=C(C(=O)c3c(O)cc(O)c4c3[C@]23O[C@@H]2[C@@H](C)O[C@H](C)C5C(=O)c6c(O)cc(O)cc6[C@@]4(O)[C@]52O3)[C@@H](C)O1. The summed E-state index contributed by atoms with van der Waals surface area (Å²) < 4.78 is 26.0. The Morgan fingerprint density at radius 1 is 0.854 bits per heavy atom. The Bertz CT molecular complexity index is 1680. The zero-order valence-corrected chi connectivity index (χ0v) is 22.6. The zero-order valence-electron chi connectivity index (χ0n) is 22.6. The Morgan fingerprint density at radius 2 is 1.56 bits per heavy atom. The van der Waals surface area contributed by atoms with E-state index in [1.165, 1.54) is 0 Å². The fraction of sp³-hybridized carbons (Fsp3) is 0.467. The predicted molar refractivity (Wildman–Crippen MR) is 137 cm³/mol. The molecule has 0 amide bonds. The predicted octanol–water partition coefficient (Wildman–Crippen LogP) is 2.38. The smallest absolute Gasteiger partial charge is 0.221 e. The van der Waals surface area contributed by atoms with Crippen LogP contribution in [0.25, 0.3) is 0 Å². The van der Waals surface area contributed by atoms with Gasteiger partial charge in [-0.1, -0.05) is 0 Å². The summed E-state index contributed by atoms with van der Waals surface area (Å²) >= 11 is 0. The maximum absolute atomic E-state index is 14.3. The minimum absolute atomic E-state index is 0.0793. The van der Waals surface area contributed by atoms with Crippen molar-refractivity contribution in [3.63, 3.8) is 0 Å². The molecule has 5 N–H and O–H groups in total. The molecule has 11 nitrogen and oxygen atoms in total. The molecule has 2 aliphatic carbocycles. The molecule has 2 fully saturated rings. The second kappa shape index (κ2) is 7.29. The molecule has 0 radical (unpaired) electrons. The van der Waals surface area contributed by atoms with Crippen molar-refractivity contribution in [2.24, 2.45) is 5.92 Å². The van der Waals surface area contributed by atoms with Crippen LogP contribution >= 0.6 is 0 Å². The molecule has 2 aromatic carbocycles. The van der Waals surface area contributed by atoms with Gasteiger partial charge in [-0.2, -0.15) is 0 Å². The number of hydrogen-bond acceptors (Lipinski definition) is 11. The lowest BCUT2D eigenvalue weighted by Gasteiger charge is -2.60. The molecule has 2 aromatic rings. The van der Waals surface area contributed by atoms with Crippen LogP contribution in [-0.4, -0.2) is 73.2 Å². The van der Waals surface area contributed by atoms with E-state index in [0.29, 0.717) is 5.57 Å². The average Bonchev–Trinajstić information content (AvgIpc) is 3.19. The van der Waals surface area contributed by atoms with Crippen LogP contribution in [0.1, 0.15) is 71.5 Å². The van der Waals surface area contributed by atoms with Gasteiger partial charge in [0.05, 0.1) is 41.5 Å². The summed E-state index contributed by atoms with van der Waals surface area (Å²) in [5, 5.41) is 57.3. The first kappa shape index (κ1) is 25.2. The van der Waals surface area contributed by atoms with Crippen molar-refractivity contribution in [1.29, 1.82) is 0 Å². The van der Waals surface area contributed by atoms with Crippen molar-refractivity contribution in [3.8, 4) is 23.0 Å². The summed E-state index contributed by atoms with van der Waals surface area (Å²) in [7, 11) is 0. The van der Waals surface area contributed by atoms with Gasteiger partial charge in [0.15, 0.2) is 22.8 Å². The van der Waals surface area contributed by atoms with Gasteiger partial charge >= 0.3 is 0 Å². The molecule has 214 valence electrons. The lowest BCUT2D eigenvalue weighted by atomic mass is 9.52. The number of carbonyl (C=O) groups excluding carboxylic acids is 2. The van der Waals surface area contributed by atoms with Crippen LogP contribution in [0, 0.1) is 5.92 Å². The maximum Gasteiger partial charge on any atom is 0.221 e. The Kier molecular flexibility index (Phi) is 4.49. The highest BCUT2D eigenvalue weighted by Crippen LogP contribution is 2.73. The summed E-state index contributed by atoms with van der Waals surface area (Å²) in [5.41, 5.74) is -4.72. The summed E-state index contributed by atoms with van der Waals surface area (Å²) in [5.74, 6) is -6.43. The number of carbonyl (C=O) groups is 2. The number of phenols is 4. The molecule has 2 saturated heterocycles. The van der Waals surface area contributed by atoms with Gasteiger partial charge in [-0.3, -0.25) is 9.59 Å². The third-order valence-electron chi connectivity index (χ3n) is 9.91. The molecule has 1 unspecified atom stereocenters. The van der Waals surface area contributed by atoms with E-state index in [4.69, 9.17) is 18.9 Å². The fourth-order valence-electron chi connectivity index (χ4n) is 8.72. The summed E-state index contributed by atoms with van der Waals surface area (Å²) in [6.45, 7) is 6.92. The van der Waals surface area contributed by atoms with E-state index in [2.05, 4.69) is 0 Å². The quantitative estimate of drug-likeness (QED) is 0.318. The van der Waals surface area contributed by atoms with Crippen molar-refractivity contribution in [3.05, 3.63) is 57.2 Å². The van der Waals surface area contributed by atoms with Crippen LogP contribution in [0.15, 0.2) is 29.3 Å². The molecular weight excluding hydrogens is 536 g/mol. The van der Waals surface area contributed by atoms with Gasteiger partial charge in [0, 0.05) is 46.4 Å². The van der Waals surface area contributed by atoms with E-state index in [0.717, 1.165) is 18.2 Å². The highest BCUT2D eigenvalue weighted by Gasteiger charge is 2.83. The largest absolute Gasteiger partial charge is 0.508 e. The highest BCUT2D eigenvalue weighted by molar-refractivity contribution is 6.15. The number of benzene rings is 2. The van der Waals surface area contributed by atoms with E-state index in [9.17, 15) is 35.1 Å². The number of aliphatic hydroxyl groups is 1. The molecule has 2 bridgehead atoms. The second-order valence-electron chi connectivity index (χ2n) is 12.1. The van der Waals surface area contributed by atoms with Crippen LogP contribution in [0.5, 0.6) is 23.0 Å². The van der Waals surface area contributed by atoms with Gasteiger partial charge in [0.1, 0.15) is 29.1 Å². The molecule has 0 saturated carbocycles. The van der Waals surface area contributed by atoms with Gasteiger partial charge < -0.3 is 44.5 Å². The van der Waals surface area contributed by atoms with Crippen LogP contribution in [0.3, 0.4) is 0 Å². The minimum atomic E-state index is -2.45. The Morgan fingerprint density at radius 3 is 2.29 bits per heavy atom. The first-order chi connectivity index (χ1) is 19.3. The van der Waals surface area contributed by atoms with Crippen LogP contribution < -0.4 is 0 Å². The van der Waals surface area contributed by atoms with Gasteiger partial charge in [-0.05, 0) is 33.8 Å². The molecule has 9 atom stereocenters.